The number of nitrogens with one attached hydrogen (secondary N) is 1. The van der Waals surface area contributed by atoms with Gasteiger partial charge in [-0.3, -0.25) is 0 Å². The molecule has 0 spiro atoms. The summed E-state index contributed by atoms with van der Waals surface area (Å²) in [7, 11) is 3.97. The van der Waals surface area contributed by atoms with Crippen LogP contribution in [0, 0.1) is 0 Å². The molecule has 2 nitrogen and oxygen atoms in total. The van der Waals surface area contributed by atoms with Crippen molar-refractivity contribution in [2.75, 3.05) is 14.2 Å². The van der Waals surface area contributed by atoms with E-state index in [1.807, 2.05) is 7.11 Å². The van der Waals surface area contributed by atoms with Crippen molar-refractivity contribution in [3.8, 4) is 0 Å². The van der Waals surface area contributed by atoms with Crippen LogP contribution in [-0.2, 0) is 4.74 Å². The zero-order chi connectivity index (χ0) is 13.3. The first-order valence-corrected chi connectivity index (χ1v) is 8.01. The number of hydrogen-bond donors (Lipinski definition) is 1. The van der Waals surface area contributed by atoms with Gasteiger partial charge < -0.3 is 10.1 Å². The van der Waals surface area contributed by atoms with Gasteiger partial charge in [-0.2, -0.15) is 0 Å². The molecule has 0 bridgehead atoms. The summed E-state index contributed by atoms with van der Waals surface area (Å²) in [5.74, 6) is 0. The molecule has 1 aliphatic rings. The van der Waals surface area contributed by atoms with E-state index in [-0.39, 0.29) is 5.60 Å². The zero-order valence-corrected chi connectivity index (χ0v) is 12.8. The molecule has 0 saturated heterocycles. The van der Waals surface area contributed by atoms with Crippen LogP contribution in [0.2, 0.25) is 0 Å². The highest BCUT2D eigenvalue weighted by Gasteiger charge is 2.43. The van der Waals surface area contributed by atoms with Crippen LogP contribution in [0.4, 0.5) is 0 Å². The highest BCUT2D eigenvalue weighted by Crippen LogP contribution is 2.39. The quantitative estimate of drug-likeness (QED) is 0.556. The van der Waals surface area contributed by atoms with Crippen molar-refractivity contribution in [1.29, 1.82) is 0 Å². The first-order valence-electron chi connectivity index (χ1n) is 8.01. The lowest BCUT2D eigenvalue weighted by atomic mass is 9.73. The van der Waals surface area contributed by atoms with E-state index in [0.717, 1.165) is 0 Å². The van der Waals surface area contributed by atoms with E-state index in [9.17, 15) is 0 Å². The molecule has 1 unspecified atom stereocenters. The van der Waals surface area contributed by atoms with Crippen LogP contribution in [0.15, 0.2) is 0 Å². The number of rotatable bonds is 11. The minimum atomic E-state index is 0.164. The summed E-state index contributed by atoms with van der Waals surface area (Å²) in [6.45, 7) is 2.28. The Hall–Kier alpha value is -0.0800. The predicted molar refractivity (Wildman–Crippen MR) is 79.0 cm³/mol. The third-order valence-corrected chi connectivity index (χ3v) is 4.69. The molecule has 0 aromatic carbocycles. The molecule has 1 rings (SSSR count). The Morgan fingerprint density at radius 1 is 1.06 bits per heavy atom. The molecular formula is C16H33NO. The van der Waals surface area contributed by atoms with Crippen LogP contribution in [0.3, 0.4) is 0 Å². The Kier molecular flexibility index (Phi) is 7.92. The Bertz CT molecular complexity index is 196. The molecule has 1 aliphatic carbocycles. The molecule has 0 heterocycles. The Morgan fingerprint density at radius 2 is 1.67 bits per heavy atom. The van der Waals surface area contributed by atoms with Crippen LogP contribution in [0.25, 0.3) is 0 Å². The van der Waals surface area contributed by atoms with Crippen molar-refractivity contribution >= 4 is 0 Å². The summed E-state index contributed by atoms with van der Waals surface area (Å²) in [5.41, 5.74) is 0.164. The third-order valence-electron chi connectivity index (χ3n) is 4.69. The van der Waals surface area contributed by atoms with Crippen LogP contribution in [0.5, 0.6) is 0 Å². The maximum atomic E-state index is 5.77. The van der Waals surface area contributed by atoms with E-state index >= 15 is 0 Å². The summed E-state index contributed by atoms with van der Waals surface area (Å²) in [6.07, 6.45) is 14.9. The van der Waals surface area contributed by atoms with Crippen molar-refractivity contribution in [2.45, 2.75) is 89.2 Å². The SMILES string of the molecule is CCCCCCCCCC(NC)C1(OC)CCC1. The maximum absolute atomic E-state index is 5.77. The number of ether oxygens (including phenoxy) is 1. The topological polar surface area (TPSA) is 21.3 Å². The predicted octanol–water partition coefficient (Wildman–Crippen LogP) is 4.28. The van der Waals surface area contributed by atoms with Crippen LogP contribution in [0.1, 0.15) is 77.6 Å². The number of hydrogen-bond acceptors (Lipinski definition) is 2. The van der Waals surface area contributed by atoms with Crippen LogP contribution < -0.4 is 5.32 Å². The molecule has 2 heteroatoms. The Labute approximate surface area is 114 Å². The van der Waals surface area contributed by atoms with Gasteiger partial charge in [0.1, 0.15) is 0 Å². The van der Waals surface area contributed by atoms with E-state index in [0.29, 0.717) is 6.04 Å². The van der Waals surface area contributed by atoms with Crippen molar-refractivity contribution in [3.63, 3.8) is 0 Å². The molecule has 1 saturated carbocycles. The molecule has 1 fully saturated rings. The molecule has 18 heavy (non-hydrogen) atoms. The third kappa shape index (κ3) is 4.55. The van der Waals surface area contributed by atoms with Gasteiger partial charge in [0.2, 0.25) is 0 Å². The van der Waals surface area contributed by atoms with Crippen LogP contribution in [-0.4, -0.2) is 25.8 Å². The summed E-state index contributed by atoms with van der Waals surface area (Å²) in [6, 6.07) is 0.562. The van der Waals surface area contributed by atoms with Crippen molar-refractivity contribution in [3.05, 3.63) is 0 Å². The van der Waals surface area contributed by atoms with Gasteiger partial charge in [0, 0.05) is 13.2 Å². The average molecular weight is 255 g/mol. The summed E-state index contributed by atoms with van der Waals surface area (Å²) in [4.78, 5) is 0. The molecule has 0 radical (unpaired) electrons. The van der Waals surface area contributed by atoms with Gasteiger partial charge in [-0.15, -0.1) is 0 Å². The van der Waals surface area contributed by atoms with Crippen molar-refractivity contribution in [1.82, 2.24) is 5.32 Å². The summed E-state index contributed by atoms with van der Waals surface area (Å²) >= 11 is 0. The molecule has 0 aromatic heterocycles. The van der Waals surface area contributed by atoms with Crippen molar-refractivity contribution in [2.24, 2.45) is 0 Å². The average Bonchev–Trinajstić information content (AvgIpc) is 2.34. The second kappa shape index (κ2) is 8.92. The van der Waals surface area contributed by atoms with Gasteiger partial charge in [-0.25, -0.2) is 0 Å². The fourth-order valence-electron chi connectivity index (χ4n) is 3.20. The van der Waals surface area contributed by atoms with Crippen molar-refractivity contribution < 1.29 is 4.74 Å². The number of methoxy groups -OCH3 is 1. The number of unbranched alkanes of at least 4 members (excludes halogenated alkanes) is 6. The van der Waals surface area contributed by atoms with Crippen LogP contribution >= 0.6 is 0 Å². The second-order valence-corrected chi connectivity index (χ2v) is 5.87. The zero-order valence-electron chi connectivity index (χ0n) is 12.8. The lowest BCUT2D eigenvalue weighted by Crippen LogP contribution is -2.55. The van der Waals surface area contributed by atoms with E-state index in [1.54, 1.807) is 0 Å². The normalized spacial score (nSPS) is 19.5. The van der Waals surface area contributed by atoms with Gasteiger partial charge in [0.25, 0.3) is 0 Å². The molecule has 1 atom stereocenters. The van der Waals surface area contributed by atoms with Gasteiger partial charge in [-0.1, -0.05) is 51.9 Å². The molecule has 108 valence electrons. The largest absolute Gasteiger partial charge is 0.377 e. The van der Waals surface area contributed by atoms with E-state index in [4.69, 9.17) is 4.74 Å². The highest BCUT2D eigenvalue weighted by molar-refractivity contribution is 4.98. The lowest BCUT2D eigenvalue weighted by molar-refractivity contribution is -0.0988. The first-order chi connectivity index (χ1) is 8.79. The molecule has 0 aliphatic heterocycles. The molecular weight excluding hydrogens is 222 g/mol. The maximum Gasteiger partial charge on any atom is 0.0830 e. The smallest absolute Gasteiger partial charge is 0.0830 e. The molecule has 1 N–H and O–H groups in total. The van der Waals surface area contributed by atoms with Gasteiger partial charge in [-0.05, 0) is 32.7 Å². The van der Waals surface area contributed by atoms with Gasteiger partial charge in [0.05, 0.1) is 5.60 Å². The number of likely N-dealkylation sites (N-methyl/N-ethyl adjacent to an activating group) is 1. The first kappa shape index (κ1) is 16.0. The lowest BCUT2D eigenvalue weighted by Gasteiger charge is -2.46. The standard InChI is InChI=1S/C16H33NO/c1-4-5-6-7-8-9-10-12-15(17-2)16(18-3)13-11-14-16/h15,17H,4-14H2,1-3H3. The highest BCUT2D eigenvalue weighted by atomic mass is 16.5. The van der Waals surface area contributed by atoms with E-state index in [2.05, 4.69) is 19.3 Å². The minimum absolute atomic E-state index is 0.164. The molecule has 0 aromatic rings. The second-order valence-electron chi connectivity index (χ2n) is 5.87. The molecule has 0 amide bonds. The Balaban J connectivity index is 2.08. The monoisotopic (exact) mass is 255 g/mol. The summed E-state index contributed by atoms with van der Waals surface area (Å²) in [5, 5.41) is 3.48. The fourth-order valence-corrected chi connectivity index (χ4v) is 3.20. The minimum Gasteiger partial charge on any atom is -0.377 e. The van der Waals surface area contributed by atoms with E-state index < -0.39 is 0 Å². The van der Waals surface area contributed by atoms with E-state index in [1.165, 1.54) is 70.6 Å². The summed E-state index contributed by atoms with van der Waals surface area (Å²) < 4.78 is 5.77. The Morgan fingerprint density at radius 3 is 2.11 bits per heavy atom. The van der Waals surface area contributed by atoms with Gasteiger partial charge in [0.15, 0.2) is 0 Å². The fraction of sp³-hybridized carbons (Fsp3) is 1.00. The van der Waals surface area contributed by atoms with Gasteiger partial charge >= 0.3 is 0 Å².